The molecule has 22 heavy (non-hydrogen) atoms. The van der Waals surface area contributed by atoms with Crippen molar-refractivity contribution in [3.05, 3.63) is 52.2 Å². The van der Waals surface area contributed by atoms with Gasteiger partial charge in [-0.15, -0.1) is 0 Å². The maximum atomic E-state index is 12.1. The van der Waals surface area contributed by atoms with Gasteiger partial charge in [-0.05, 0) is 47.4 Å². The van der Waals surface area contributed by atoms with Crippen molar-refractivity contribution in [1.29, 1.82) is 0 Å². The Kier molecular flexibility index (Phi) is 4.75. The fourth-order valence-corrected chi connectivity index (χ4v) is 3.35. The van der Waals surface area contributed by atoms with E-state index in [9.17, 15) is 4.79 Å². The standard InChI is InChI=1S/C17H21N3OS/c1-13-5-2-3-6-15(13)19-17(21)18-11-16(20-8-4-9-20)14-7-10-22-12-14/h2-3,5-7,10,12,16H,4,8-9,11H2,1H3,(H2,18,19,21)/t16-/m0/s1. The first-order valence-electron chi connectivity index (χ1n) is 7.60. The van der Waals surface area contributed by atoms with Gasteiger partial charge in [0.25, 0.3) is 0 Å². The number of urea groups is 1. The van der Waals surface area contributed by atoms with Crippen LogP contribution in [0.1, 0.15) is 23.6 Å². The fraction of sp³-hybridized carbons (Fsp3) is 0.353. The van der Waals surface area contributed by atoms with Crippen LogP contribution in [-0.2, 0) is 0 Å². The Bertz CT molecular complexity index is 623. The lowest BCUT2D eigenvalue weighted by atomic mass is 10.0. The van der Waals surface area contributed by atoms with Gasteiger partial charge in [-0.2, -0.15) is 11.3 Å². The van der Waals surface area contributed by atoms with Gasteiger partial charge < -0.3 is 10.6 Å². The minimum Gasteiger partial charge on any atom is -0.336 e. The van der Waals surface area contributed by atoms with Gasteiger partial charge in [0.05, 0.1) is 6.04 Å². The zero-order chi connectivity index (χ0) is 15.4. The van der Waals surface area contributed by atoms with E-state index in [-0.39, 0.29) is 12.1 Å². The highest BCUT2D eigenvalue weighted by atomic mass is 32.1. The Morgan fingerprint density at radius 3 is 2.77 bits per heavy atom. The molecule has 0 spiro atoms. The summed E-state index contributed by atoms with van der Waals surface area (Å²) in [5.74, 6) is 0. The molecular weight excluding hydrogens is 294 g/mol. The number of carbonyl (C=O) groups is 1. The summed E-state index contributed by atoms with van der Waals surface area (Å²) in [5, 5.41) is 10.2. The zero-order valence-corrected chi connectivity index (χ0v) is 13.5. The summed E-state index contributed by atoms with van der Waals surface area (Å²) in [4.78, 5) is 14.5. The molecule has 2 N–H and O–H groups in total. The van der Waals surface area contributed by atoms with Crippen LogP contribution < -0.4 is 10.6 Å². The molecule has 0 bridgehead atoms. The number of carbonyl (C=O) groups excluding carboxylic acids is 1. The van der Waals surface area contributed by atoms with E-state index in [1.165, 1.54) is 12.0 Å². The zero-order valence-electron chi connectivity index (χ0n) is 12.7. The summed E-state index contributed by atoms with van der Waals surface area (Å²) in [5.41, 5.74) is 3.21. The second kappa shape index (κ2) is 6.94. The molecule has 4 nitrogen and oxygen atoms in total. The lowest BCUT2D eigenvalue weighted by Gasteiger charge is -2.38. The summed E-state index contributed by atoms with van der Waals surface area (Å²) < 4.78 is 0. The van der Waals surface area contributed by atoms with E-state index in [1.807, 2.05) is 31.2 Å². The Labute approximate surface area is 135 Å². The van der Waals surface area contributed by atoms with Crippen molar-refractivity contribution in [1.82, 2.24) is 10.2 Å². The maximum absolute atomic E-state index is 12.1. The van der Waals surface area contributed by atoms with E-state index < -0.39 is 0 Å². The summed E-state index contributed by atoms with van der Waals surface area (Å²) in [7, 11) is 0. The summed E-state index contributed by atoms with van der Waals surface area (Å²) in [6.45, 7) is 4.85. The molecule has 1 saturated heterocycles. The van der Waals surface area contributed by atoms with Crippen LogP contribution >= 0.6 is 11.3 Å². The minimum absolute atomic E-state index is 0.143. The highest BCUT2D eigenvalue weighted by Crippen LogP contribution is 2.26. The molecule has 2 heterocycles. The number of nitrogens with one attached hydrogen (secondary N) is 2. The van der Waals surface area contributed by atoms with E-state index in [4.69, 9.17) is 0 Å². The summed E-state index contributed by atoms with van der Waals surface area (Å²) in [6, 6.07) is 10.1. The minimum atomic E-state index is -0.143. The third kappa shape index (κ3) is 3.48. The first-order chi connectivity index (χ1) is 10.7. The van der Waals surface area contributed by atoms with E-state index in [0.29, 0.717) is 6.54 Å². The van der Waals surface area contributed by atoms with Crippen LogP contribution in [-0.4, -0.2) is 30.6 Å². The number of amides is 2. The Hall–Kier alpha value is -1.85. The fourth-order valence-electron chi connectivity index (χ4n) is 2.64. The maximum Gasteiger partial charge on any atom is 0.319 e. The van der Waals surface area contributed by atoms with Crippen LogP contribution in [0.4, 0.5) is 10.5 Å². The van der Waals surface area contributed by atoms with Crippen LogP contribution in [0.25, 0.3) is 0 Å². The highest BCUT2D eigenvalue weighted by molar-refractivity contribution is 7.07. The number of anilines is 1. The number of rotatable bonds is 5. The van der Waals surface area contributed by atoms with E-state index in [2.05, 4.69) is 32.4 Å². The van der Waals surface area contributed by atoms with Crippen molar-refractivity contribution in [3.63, 3.8) is 0 Å². The van der Waals surface area contributed by atoms with Crippen LogP contribution in [0.2, 0.25) is 0 Å². The molecule has 1 aromatic heterocycles. The Morgan fingerprint density at radius 1 is 1.32 bits per heavy atom. The van der Waals surface area contributed by atoms with E-state index in [1.54, 1.807) is 11.3 Å². The lowest BCUT2D eigenvalue weighted by Crippen LogP contribution is -2.45. The third-order valence-corrected chi connectivity index (χ3v) is 4.81. The van der Waals surface area contributed by atoms with Crippen LogP contribution in [0.15, 0.2) is 41.1 Å². The summed E-state index contributed by atoms with van der Waals surface area (Å²) in [6.07, 6.45) is 1.25. The van der Waals surface area contributed by atoms with E-state index >= 15 is 0 Å². The van der Waals surface area contributed by atoms with Crippen molar-refractivity contribution < 1.29 is 4.79 Å². The number of thiophene rings is 1. The molecule has 1 atom stereocenters. The smallest absolute Gasteiger partial charge is 0.319 e. The molecule has 1 aliphatic heterocycles. The van der Waals surface area contributed by atoms with Crippen LogP contribution in [0.5, 0.6) is 0 Å². The number of hydrogen-bond acceptors (Lipinski definition) is 3. The molecule has 0 radical (unpaired) electrons. The number of nitrogens with zero attached hydrogens (tertiary/aromatic N) is 1. The van der Waals surface area contributed by atoms with Crippen molar-refractivity contribution in [2.24, 2.45) is 0 Å². The number of aryl methyl sites for hydroxylation is 1. The monoisotopic (exact) mass is 315 g/mol. The van der Waals surface area contributed by atoms with Gasteiger partial charge in [-0.1, -0.05) is 18.2 Å². The average molecular weight is 315 g/mol. The molecule has 0 aliphatic carbocycles. The van der Waals surface area contributed by atoms with Gasteiger partial charge in [0, 0.05) is 25.3 Å². The van der Waals surface area contributed by atoms with Crippen LogP contribution in [0, 0.1) is 6.92 Å². The molecule has 1 fully saturated rings. The molecule has 5 heteroatoms. The average Bonchev–Trinajstić information content (AvgIpc) is 2.97. The SMILES string of the molecule is Cc1ccccc1NC(=O)NC[C@@H](c1ccsc1)N1CCC1. The highest BCUT2D eigenvalue weighted by Gasteiger charge is 2.25. The second-order valence-corrected chi connectivity index (χ2v) is 6.39. The molecular formula is C17H21N3OS. The molecule has 116 valence electrons. The normalized spacial score (nSPS) is 15.9. The lowest BCUT2D eigenvalue weighted by molar-refractivity contribution is 0.118. The number of likely N-dealkylation sites (tertiary alicyclic amines) is 1. The first-order valence-corrected chi connectivity index (χ1v) is 8.55. The Balaban J connectivity index is 1.58. The predicted octanol–water partition coefficient (Wildman–Crippen LogP) is 3.63. The van der Waals surface area contributed by atoms with Crippen molar-refractivity contribution in [3.8, 4) is 0 Å². The van der Waals surface area contributed by atoms with Gasteiger partial charge >= 0.3 is 6.03 Å². The van der Waals surface area contributed by atoms with Crippen molar-refractivity contribution in [2.45, 2.75) is 19.4 Å². The van der Waals surface area contributed by atoms with Gasteiger partial charge in [0.15, 0.2) is 0 Å². The third-order valence-electron chi connectivity index (χ3n) is 4.11. The van der Waals surface area contributed by atoms with Gasteiger partial charge in [-0.25, -0.2) is 4.79 Å². The van der Waals surface area contributed by atoms with Crippen molar-refractivity contribution >= 4 is 23.1 Å². The molecule has 2 aromatic rings. The number of benzene rings is 1. The van der Waals surface area contributed by atoms with Crippen LogP contribution in [0.3, 0.4) is 0 Å². The van der Waals surface area contributed by atoms with Gasteiger partial charge in [0.1, 0.15) is 0 Å². The molecule has 2 amide bonds. The first kappa shape index (κ1) is 15.1. The number of para-hydroxylation sites is 1. The second-order valence-electron chi connectivity index (χ2n) is 5.61. The van der Waals surface area contributed by atoms with Gasteiger partial charge in [-0.3, -0.25) is 4.90 Å². The Morgan fingerprint density at radius 2 is 2.14 bits per heavy atom. The molecule has 1 aliphatic rings. The summed E-state index contributed by atoms with van der Waals surface area (Å²) >= 11 is 1.70. The molecule has 3 rings (SSSR count). The van der Waals surface area contributed by atoms with Crippen molar-refractivity contribution in [2.75, 3.05) is 25.0 Å². The number of hydrogen-bond donors (Lipinski definition) is 2. The molecule has 0 saturated carbocycles. The molecule has 1 aromatic carbocycles. The largest absolute Gasteiger partial charge is 0.336 e. The van der Waals surface area contributed by atoms with Gasteiger partial charge in [0.2, 0.25) is 0 Å². The quantitative estimate of drug-likeness (QED) is 0.885. The predicted molar refractivity (Wildman–Crippen MR) is 91.5 cm³/mol. The van der Waals surface area contributed by atoms with E-state index in [0.717, 1.165) is 24.3 Å². The molecule has 0 unspecified atom stereocenters. The topological polar surface area (TPSA) is 44.4 Å².